The molecule has 9 heteroatoms. The summed E-state index contributed by atoms with van der Waals surface area (Å²) in [6, 6.07) is 15.5. The smallest absolute Gasteiger partial charge is 0.213 e. The summed E-state index contributed by atoms with van der Waals surface area (Å²) in [5.74, 6) is -0.493. The number of nitrogens with zero attached hydrogens (tertiary/aromatic N) is 3. The SMILES string of the molecule is Cc1ccc(-c2cc(C(=O)C(C)(C)N=O)nn2-c2ccc(S(N)(O)O)cc2)cc1. The van der Waals surface area contributed by atoms with Crippen LogP contribution in [-0.2, 0) is 0 Å². The maximum absolute atomic E-state index is 12.7. The van der Waals surface area contributed by atoms with Crippen molar-refractivity contribution in [2.45, 2.75) is 31.2 Å². The number of hydrogen-bond acceptors (Lipinski definition) is 7. The van der Waals surface area contributed by atoms with Crippen LogP contribution >= 0.6 is 10.8 Å². The Kier molecular flexibility index (Phi) is 5.42. The van der Waals surface area contributed by atoms with E-state index < -0.39 is 22.1 Å². The Morgan fingerprint density at radius 2 is 1.69 bits per heavy atom. The van der Waals surface area contributed by atoms with E-state index in [2.05, 4.69) is 10.3 Å². The van der Waals surface area contributed by atoms with Crippen molar-refractivity contribution in [3.05, 3.63) is 70.8 Å². The summed E-state index contributed by atoms with van der Waals surface area (Å²) in [6.45, 7) is 4.85. The van der Waals surface area contributed by atoms with Gasteiger partial charge in [-0.25, -0.2) is 9.82 Å². The van der Waals surface area contributed by atoms with Crippen molar-refractivity contribution < 1.29 is 13.9 Å². The molecular weight excluding hydrogens is 392 g/mol. The van der Waals surface area contributed by atoms with Crippen molar-refractivity contribution in [1.29, 1.82) is 0 Å². The number of rotatable bonds is 6. The second-order valence-electron chi connectivity index (χ2n) is 7.26. The molecule has 0 amide bonds. The van der Waals surface area contributed by atoms with Gasteiger partial charge in [-0.15, -0.1) is 15.7 Å². The van der Waals surface area contributed by atoms with Gasteiger partial charge in [-0.3, -0.25) is 13.9 Å². The van der Waals surface area contributed by atoms with E-state index in [-0.39, 0.29) is 10.6 Å². The molecule has 0 radical (unpaired) electrons. The average Bonchev–Trinajstić information content (AvgIpc) is 3.12. The molecule has 1 aromatic heterocycles. The molecule has 0 bridgehead atoms. The van der Waals surface area contributed by atoms with Crippen LogP contribution in [0.5, 0.6) is 0 Å². The molecule has 0 unspecified atom stereocenters. The summed E-state index contributed by atoms with van der Waals surface area (Å²) in [6.07, 6.45) is 0. The highest BCUT2D eigenvalue weighted by Crippen LogP contribution is 2.40. The second-order valence-corrected chi connectivity index (χ2v) is 8.92. The zero-order chi connectivity index (χ0) is 21.4. The summed E-state index contributed by atoms with van der Waals surface area (Å²) in [4.78, 5) is 24.0. The van der Waals surface area contributed by atoms with Gasteiger partial charge in [-0.2, -0.15) is 5.10 Å². The van der Waals surface area contributed by atoms with Crippen molar-refractivity contribution in [1.82, 2.24) is 9.78 Å². The molecule has 0 saturated heterocycles. The van der Waals surface area contributed by atoms with E-state index in [0.29, 0.717) is 11.4 Å². The van der Waals surface area contributed by atoms with Crippen LogP contribution in [0.1, 0.15) is 29.9 Å². The molecule has 29 heavy (non-hydrogen) atoms. The molecule has 4 N–H and O–H groups in total. The molecule has 0 aliphatic heterocycles. The lowest BCUT2D eigenvalue weighted by Crippen LogP contribution is -2.29. The number of benzene rings is 2. The quantitative estimate of drug-likeness (QED) is 0.400. The van der Waals surface area contributed by atoms with Crippen LogP contribution in [0.4, 0.5) is 0 Å². The molecule has 3 aromatic rings. The lowest BCUT2D eigenvalue weighted by Gasteiger charge is -2.26. The number of nitroso groups, excluding NO2 is 1. The number of carbonyl (C=O) groups excluding carboxylic acids is 1. The highest BCUT2D eigenvalue weighted by atomic mass is 32.3. The lowest BCUT2D eigenvalue weighted by molar-refractivity contribution is 0.0908. The maximum Gasteiger partial charge on any atom is 0.213 e. The third kappa shape index (κ3) is 4.28. The van der Waals surface area contributed by atoms with Crippen LogP contribution in [0.2, 0.25) is 0 Å². The monoisotopic (exact) mass is 414 g/mol. The largest absolute Gasteiger partial charge is 0.289 e. The average molecular weight is 414 g/mol. The molecule has 3 rings (SSSR count). The van der Waals surface area contributed by atoms with Gasteiger partial charge in [-0.05, 0) is 51.1 Å². The number of hydrogen-bond donors (Lipinski definition) is 3. The van der Waals surface area contributed by atoms with Gasteiger partial charge >= 0.3 is 0 Å². The summed E-state index contributed by atoms with van der Waals surface area (Å²) in [7, 11) is -3.33. The van der Waals surface area contributed by atoms with Gasteiger partial charge in [0.15, 0.2) is 5.54 Å². The Balaban J connectivity index is 2.15. The minimum atomic E-state index is -3.33. The van der Waals surface area contributed by atoms with Crippen LogP contribution in [0.15, 0.2) is 64.7 Å². The minimum absolute atomic E-state index is 0.109. The van der Waals surface area contributed by atoms with Gasteiger partial charge in [-0.1, -0.05) is 35.0 Å². The lowest BCUT2D eigenvalue weighted by atomic mass is 9.97. The Bertz CT molecular complexity index is 1050. The predicted octanol–water partition coefficient (Wildman–Crippen LogP) is 4.56. The van der Waals surface area contributed by atoms with Gasteiger partial charge in [0.1, 0.15) is 5.69 Å². The number of nitrogens with two attached hydrogens (primary N) is 1. The van der Waals surface area contributed by atoms with Crippen molar-refractivity contribution in [3.8, 4) is 16.9 Å². The summed E-state index contributed by atoms with van der Waals surface area (Å²) >= 11 is 0. The Hall–Kier alpha value is -2.85. The third-order valence-electron chi connectivity index (χ3n) is 4.50. The first kappa shape index (κ1) is 20.9. The molecule has 0 fully saturated rings. The zero-order valence-corrected chi connectivity index (χ0v) is 17.1. The number of aryl methyl sites for hydroxylation is 1. The Morgan fingerprint density at radius 1 is 1.10 bits per heavy atom. The summed E-state index contributed by atoms with van der Waals surface area (Å²) in [5.41, 5.74) is 1.80. The fourth-order valence-corrected chi connectivity index (χ4v) is 3.30. The molecule has 0 atom stereocenters. The summed E-state index contributed by atoms with van der Waals surface area (Å²) in [5, 5.41) is 12.7. The van der Waals surface area contributed by atoms with Crippen LogP contribution in [0, 0.1) is 11.8 Å². The highest BCUT2D eigenvalue weighted by Gasteiger charge is 2.32. The number of aromatic nitrogens is 2. The van der Waals surface area contributed by atoms with Crippen molar-refractivity contribution in [2.75, 3.05) is 0 Å². The molecule has 1 heterocycles. The second kappa shape index (κ2) is 7.53. The first-order valence-electron chi connectivity index (χ1n) is 8.76. The predicted molar refractivity (Wildman–Crippen MR) is 113 cm³/mol. The van der Waals surface area contributed by atoms with Crippen LogP contribution < -0.4 is 5.14 Å². The maximum atomic E-state index is 12.7. The van der Waals surface area contributed by atoms with Crippen molar-refractivity contribution in [3.63, 3.8) is 0 Å². The highest BCUT2D eigenvalue weighted by molar-refractivity contribution is 8.22. The normalized spacial score (nSPS) is 12.6. The first-order chi connectivity index (χ1) is 13.5. The Morgan fingerprint density at radius 3 is 2.21 bits per heavy atom. The number of ketones is 1. The van der Waals surface area contributed by atoms with Gasteiger partial charge < -0.3 is 0 Å². The van der Waals surface area contributed by atoms with Crippen LogP contribution in [0.25, 0.3) is 16.9 Å². The molecule has 0 spiro atoms. The molecule has 2 aromatic carbocycles. The first-order valence-corrected chi connectivity index (χ1v) is 10.4. The van der Waals surface area contributed by atoms with Crippen LogP contribution in [0.3, 0.4) is 0 Å². The minimum Gasteiger partial charge on any atom is -0.289 e. The van der Waals surface area contributed by atoms with Gasteiger partial charge in [0.25, 0.3) is 0 Å². The van der Waals surface area contributed by atoms with E-state index in [1.54, 1.807) is 22.9 Å². The van der Waals surface area contributed by atoms with E-state index >= 15 is 0 Å². The fraction of sp³-hybridized carbons (Fsp3) is 0.200. The Labute approximate surface area is 169 Å². The van der Waals surface area contributed by atoms with E-state index in [1.165, 1.54) is 26.0 Å². The molecule has 8 nitrogen and oxygen atoms in total. The number of Topliss-reactive ketones (excluding diaryl/α,β-unsaturated/α-hetero) is 1. The van der Waals surface area contributed by atoms with Gasteiger partial charge in [0, 0.05) is 5.56 Å². The van der Waals surface area contributed by atoms with Crippen molar-refractivity contribution >= 4 is 16.6 Å². The molecule has 0 aliphatic carbocycles. The zero-order valence-electron chi connectivity index (χ0n) is 16.2. The van der Waals surface area contributed by atoms with E-state index in [0.717, 1.165) is 11.1 Å². The topological polar surface area (TPSA) is 131 Å². The third-order valence-corrected chi connectivity index (χ3v) is 5.47. The van der Waals surface area contributed by atoms with Crippen LogP contribution in [-0.4, -0.2) is 30.2 Å². The van der Waals surface area contributed by atoms with Gasteiger partial charge in [0.05, 0.1) is 16.3 Å². The molecular formula is C20H22N4O4S. The summed E-state index contributed by atoms with van der Waals surface area (Å²) < 4.78 is 20.8. The standard InChI is InChI=1S/C20H22N4O4S/c1-13-4-6-14(7-5-13)18-12-17(19(25)20(2,3)23-26)22-24(18)15-8-10-16(11-9-15)29(21,27)28/h4-12,27-28H,21H2,1-3H3. The molecule has 0 saturated carbocycles. The van der Waals surface area contributed by atoms with E-state index in [1.807, 2.05) is 31.2 Å². The van der Waals surface area contributed by atoms with Gasteiger partial charge in [0.2, 0.25) is 5.78 Å². The van der Waals surface area contributed by atoms with E-state index in [9.17, 15) is 18.8 Å². The van der Waals surface area contributed by atoms with Crippen molar-refractivity contribution in [2.24, 2.45) is 10.3 Å². The van der Waals surface area contributed by atoms with E-state index in [4.69, 9.17) is 5.14 Å². The fourth-order valence-electron chi connectivity index (χ4n) is 2.76. The molecule has 0 aliphatic rings. The number of carbonyl (C=O) groups is 1. The molecule has 152 valence electrons.